The van der Waals surface area contributed by atoms with Gasteiger partial charge in [-0.05, 0) is 44.2 Å². The number of carbonyl (C=O) groups excluding carboxylic acids is 3. The second kappa shape index (κ2) is 9.65. The summed E-state index contributed by atoms with van der Waals surface area (Å²) in [4.78, 5) is 38.4. The molecular weight excluding hydrogens is 342 g/mol. The number of Topliss-reactive ketones (excluding diaryl/α,β-unsaturated/α-hetero) is 1. The summed E-state index contributed by atoms with van der Waals surface area (Å²) in [6.07, 6.45) is 1.62. The van der Waals surface area contributed by atoms with Crippen LogP contribution in [0.1, 0.15) is 49.5 Å². The molecular formula is C21H31N3O3. The standard InChI is InChI=1S/C21H31N3O3/c1-14(2)20(16(4)25)23-19(26)13-24-11-9-17(10-12-24)22-21(27)18-8-6-5-7-15(18)3/h5-8,14,17,20H,9-13H2,1-4H3,(H,22,27)(H,23,26). The fraction of sp³-hybridized carbons (Fsp3) is 0.571. The van der Waals surface area contributed by atoms with E-state index in [2.05, 4.69) is 15.5 Å². The molecule has 1 aromatic rings. The van der Waals surface area contributed by atoms with Crippen molar-refractivity contribution in [2.45, 2.75) is 52.6 Å². The van der Waals surface area contributed by atoms with Gasteiger partial charge in [-0.25, -0.2) is 0 Å². The van der Waals surface area contributed by atoms with Crippen LogP contribution in [0.3, 0.4) is 0 Å². The van der Waals surface area contributed by atoms with Gasteiger partial charge in [0.25, 0.3) is 5.91 Å². The van der Waals surface area contributed by atoms with E-state index in [-0.39, 0.29) is 36.1 Å². The molecule has 0 spiro atoms. The largest absolute Gasteiger partial charge is 0.349 e. The molecule has 1 unspecified atom stereocenters. The zero-order valence-corrected chi connectivity index (χ0v) is 16.7. The summed E-state index contributed by atoms with van der Waals surface area (Å²) in [6.45, 7) is 9.07. The van der Waals surface area contributed by atoms with Gasteiger partial charge in [-0.1, -0.05) is 32.0 Å². The molecule has 6 heteroatoms. The predicted molar refractivity (Wildman–Crippen MR) is 106 cm³/mol. The second-order valence-electron chi connectivity index (χ2n) is 7.74. The molecule has 6 nitrogen and oxygen atoms in total. The first-order valence-corrected chi connectivity index (χ1v) is 9.66. The van der Waals surface area contributed by atoms with Gasteiger partial charge in [0.1, 0.15) is 0 Å². The lowest BCUT2D eigenvalue weighted by molar-refractivity contribution is -0.128. The minimum atomic E-state index is -0.427. The molecule has 1 saturated heterocycles. The molecule has 0 bridgehead atoms. The van der Waals surface area contributed by atoms with Crippen molar-refractivity contribution in [3.05, 3.63) is 35.4 Å². The molecule has 0 aromatic heterocycles. The second-order valence-corrected chi connectivity index (χ2v) is 7.74. The first-order valence-electron chi connectivity index (χ1n) is 9.66. The third-order valence-electron chi connectivity index (χ3n) is 5.10. The Bertz CT molecular complexity index is 679. The molecule has 2 N–H and O–H groups in total. The van der Waals surface area contributed by atoms with Gasteiger partial charge in [-0.2, -0.15) is 0 Å². The Labute approximate surface area is 161 Å². The summed E-state index contributed by atoms with van der Waals surface area (Å²) in [5.41, 5.74) is 1.68. The van der Waals surface area contributed by atoms with Crippen molar-refractivity contribution in [1.29, 1.82) is 0 Å². The van der Waals surface area contributed by atoms with Crippen LogP contribution in [-0.2, 0) is 9.59 Å². The van der Waals surface area contributed by atoms with Crippen LogP contribution in [-0.4, -0.2) is 54.2 Å². The molecule has 1 aliphatic rings. The molecule has 0 saturated carbocycles. The van der Waals surface area contributed by atoms with E-state index in [1.54, 1.807) is 0 Å². The van der Waals surface area contributed by atoms with Crippen molar-refractivity contribution in [3.8, 4) is 0 Å². The maximum absolute atomic E-state index is 12.4. The molecule has 1 aromatic carbocycles. The number of piperidine rings is 1. The summed E-state index contributed by atoms with van der Waals surface area (Å²) in [6, 6.07) is 7.26. The van der Waals surface area contributed by atoms with Crippen LogP contribution in [0.2, 0.25) is 0 Å². The van der Waals surface area contributed by atoms with Crippen LogP contribution in [0, 0.1) is 12.8 Å². The molecule has 148 valence electrons. The van der Waals surface area contributed by atoms with E-state index < -0.39 is 6.04 Å². The fourth-order valence-corrected chi connectivity index (χ4v) is 3.49. The Hall–Kier alpha value is -2.21. The summed E-state index contributed by atoms with van der Waals surface area (Å²) in [5, 5.41) is 5.94. The van der Waals surface area contributed by atoms with Gasteiger partial charge in [0.15, 0.2) is 5.78 Å². The number of ketones is 1. The number of rotatable bonds is 7. The predicted octanol–water partition coefficient (Wildman–Crippen LogP) is 1.92. The smallest absolute Gasteiger partial charge is 0.251 e. The number of hydrogen-bond donors (Lipinski definition) is 2. The Morgan fingerprint density at radius 1 is 1.15 bits per heavy atom. The number of nitrogens with one attached hydrogen (secondary N) is 2. The molecule has 1 heterocycles. The minimum absolute atomic E-state index is 0.0176. The van der Waals surface area contributed by atoms with Crippen molar-refractivity contribution in [1.82, 2.24) is 15.5 Å². The van der Waals surface area contributed by atoms with Gasteiger partial charge in [0.05, 0.1) is 12.6 Å². The van der Waals surface area contributed by atoms with E-state index in [1.165, 1.54) is 6.92 Å². The van der Waals surface area contributed by atoms with Gasteiger partial charge >= 0.3 is 0 Å². The molecule has 0 aliphatic carbocycles. The quantitative estimate of drug-likeness (QED) is 0.765. The van der Waals surface area contributed by atoms with E-state index in [0.717, 1.165) is 31.5 Å². The topological polar surface area (TPSA) is 78.5 Å². The third-order valence-corrected chi connectivity index (χ3v) is 5.10. The monoisotopic (exact) mass is 373 g/mol. The van der Waals surface area contributed by atoms with Crippen LogP contribution < -0.4 is 10.6 Å². The Morgan fingerprint density at radius 2 is 1.78 bits per heavy atom. The van der Waals surface area contributed by atoms with Gasteiger partial charge in [0, 0.05) is 24.7 Å². The van der Waals surface area contributed by atoms with Crippen molar-refractivity contribution in [2.75, 3.05) is 19.6 Å². The molecule has 2 amide bonds. The van der Waals surface area contributed by atoms with Crippen LogP contribution in [0.25, 0.3) is 0 Å². The highest BCUT2D eigenvalue weighted by molar-refractivity contribution is 5.95. The van der Waals surface area contributed by atoms with E-state index in [0.29, 0.717) is 5.56 Å². The number of nitrogens with zero attached hydrogens (tertiary/aromatic N) is 1. The number of aryl methyl sites for hydroxylation is 1. The van der Waals surface area contributed by atoms with Gasteiger partial charge < -0.3 is 10.6 Å². The van der Waals surface area contributed by atoms with Crippen LogP contribution in [0.4, 0.5) is 0 Å². The van der Waals surface area contributed by atoms with E-state index in [4.69, 9.17) is 0 Å². The zero-order chi connectivity index (χ0) is 20.0. The highest BCUT2D eigenvalue weighted by atomic mass is 16.2. The van der Waals surface area contributed by atoms with Crippen molar-refractivity contribution >= 4 is 17.6 Å². The van der Waals surface area contributed by atoms with E-state index in [1.807, 2.05) is 45.0 Å². The fourth-order valence-electron chi connectivity index (χ4n) is 3.49. The Balaban J connectivity index is 1.78. The summed E-state index contributed by atoms with van der Waals surface area (Å²) in [7, 11) is 0. The lowest BCUT2D eigenvalue weighted by Gasteiger charge is -2.32. The Kier molecular flexibility index (Phi) is 7.54. The van der Waals surface area contributed by atoms with E-state index in [9.17, 15) is 14.4 Å². The van der Waals surface area contributed by atoms with Gasteiger partial charge in [0.2, 0.25) is 5.91 Å². The zero-order valence-electron chi connectivity index (χ0n) is 16.7. The van der Waals surface area contributed by atoms with Crippen LogP contribution >= 0.6 is 0 Å². The Morgan fingerprint density at radius 3 is 2.33 bits per heavy atom. The molecule has 1 atom stereocenters. The lowest BCUT2D eigenvalue weighted by Crippen LogP contribution is -2.50. The van der Waals surface area contributed by atoms with Crippen molar-refractivity contribution < 1.29 is 14.4 Å². The van der Waals surface area contributed by atoms with Gasteiger partial charge in [-0.3, -0.25) is 19.3 Å². The van der Waals surface area contributed by atoms with Crippen molar-refractivity contribution in [3.63, 3.8) is 0 Å². The van der Waals surface area contributed by atoms with Crippen molar-refractivity contribution in [2.24, 2.45) is 5.92 Å². The molecule has 0 radical (unpaired) electrons. The average Bonchev–Trinajstić information content (AvgIpc) is 2.61. The molecule has 2 rings (SSSR count). The first-order chi connectivity index (χ1) is 12.8. The maximum atomic E-state index is 12.4. The normalized spacial score (nSPS) is 16.8. The van der Waals surface area contributed by atoms with Crippen LogP contribution in [0.15, 0.2) is 24.3 Å². The number of amides is 2. The lowest BCUT2D eigenvalue weighted by atomic mass is 10.0. The maximum Gasteiger partial charge on any atom is 0.251 e. The minimum Gasteiger partial charge on any atom is -0.349 e. The number of likely N-dealkylation sites (tertiary alicyclic amines) is 1. The average molecular weight is 373 g/mol. The van der Waals surface area contributed by atoms with E-state index >= 15 is 0 Å². The number of carbonyl (C=O) groups is 3. The number of hydrogen-bond acceptors (Lipinski definition) is 4. The number of benzene rings is 1. The molecule has 1 fully saturated rings. The molecule has 1 aliphatic heterocycles. The van der Waals surface area contributed by atoms with Crippen LogP contribution in [0.5, 0.6) is 0 Å². The summed E-state index contributed by atoms with van der Waals surface area (Å²) >= 11 is 0. The summed E-state index contributed by atoms with van der Waals surface area (Å²) in [5.74, 6) is -0.0957. The van der Waals surface area contributed by atoms with Gasteiger partial charge in [-0.15, -0.1) is 0 Å². The molecule has 27 heavy (non-hydrogen) atoms. The summed E-state index contributed by atoms with van der Waals surface area (Å²) < 4.78 is 0. The highest BCUT2D eigenvalue weighted by Gasteiger charge is 2.25. The first kappa shape index (κ1) is 21.1. The third kappa shape index (κ3) is 6.17. The highest BCUT2D eigenvalue weighted by Crippen LogP contribution is 2.13. The SMILES string of the molecule is CC(=O)C(NC(=O)CN1CCC(NC(=O)c2ccccc2C)CC1)C(C)C.